The second-order valence-electron chi connectivity index (χ2n) is 6.69. The first-order valence-corrected chi connectivity index (χ1v) is 8.74. The number of ether oxygens (including phenoxy) is 1. The first-order valence-electron chi connectivity index (χ1n) is 8.74. The number of hydrogen-bond acceptors (Lipinski definition) is 3. The third-order valence-corrected chi connectivity index (χ3v) is 5.12. The van der Waals surface area contributed by atoms with Gasteiger partial charge >= 0.3 is 5.97 Å². The number of hydrogen-bond donors (Lipinski definition) is 0. The molecule has 4 rings (SSSR count). The number of carbonyl (C=O) groups is 1. The zero-order valence-electron chi connectivity index (χ0n) is 13.8. The van der Waals surface area contributed by atoms with Crippen molar-refractivity contribution >= 4 is 11.7 Å². The molecule has 2 fully saturated rings. The van der Waals surface area contributed by atoms with Crippen molar-refractivity contribution in [3.05, 3.63) is 54.4 Å². The van der Waals surface area contributed by atoms with Crippen LogP contribution in [0.1, 0.15) is 44.1 Å². The molecule has 124 valence electrons. The van der Waals surface area contributed by atoms with E-state index in [1.807, 2.05) is 36.7 Å². The van der Waals surface area contributed by atoms with Crippen LogP contribution in [0.2, 0.25) is 0 Å². The highest BCUT2D eigenvalue weighted by atomic mass is 16.6. The Morgan fingerprint density at radius 3 is 2.58 bits per heavy atom. The summed E-state index contributed by atoms with van der Waals surface area (Å²) in [5.74, 6) is -0.116. The molecule has 0 radical (unpaired) electrons. The van der Waals surface area contributed by atoms with Gasteiger partial charge in [0.25, 0.3) is 0 Å². The van der Waals surface area contributed by atoms with Crippen molar-refractivity contribution in [2.45, 2.75) is 50.7 Å². The molecule has 24 heavy (non-hydrogen) atoms. The van der Waals surface area contributed by atoms with Crippen LogP contribution in [0.4, 0.5) is 0 Å². The van der Waals surface area contributed by atoms with E-state index in [2.05, 4.69) is 16.7 Å². The van der Waals surface area contributed by atoms with E-state index in [1.54, 1.807) is 0 Å². The molecule has 0 N–H and O–H groups in total. The summed E-state index contributed by atoms with van der Waals surface area (Å²) in [6.07, 6.45) is 9.74. The molecule has 1 aromatic heterocycles. The highest BCUT2D eigenvalue weighted by molar-refractivity contribution is 6.09. The van der Waals surface area contributed by atoms with Crippen LogP contribution in [-0.4, -0.2) is 21.8 Å². The Hall–Kier alpha value is -2.36. The number of benzene rings is 1. The van der Waals surface area contributed by atoms with Crippen LogP contribution in [0, 0.1) is 0 Å². The number of esters is 1. The van der Waals surface area contributed by atoms with Gasteiger partial charge in [-0.15, -0.1) is 0 Å². The second-order valence-corrected chi connectivity index (χ2v) is 6.69. The predicted octanol–water partition coefficient (Wildman–Crippen LogP) is 4.07. The van der Waals surface area contributed by atoms with Gasteiger partial charge in [-0.3, -0.25) is 9.79 Å². The molecule has 1 aliphatic heterocycles. The van der Waals surface area contributed by atoms with Crippen molar-refractivity contribution in [1.29, 1.82) is 0 Å². The fourth-order valence-corrected chi connectivity index (χ4v) is 3.90. The number of nitrogens with zero attached hydrogens (tertiary/aromatic N) is 2. The quantitative estimate of drug-likeness (QED) is 0.800. The minimum atomic E-state index is -0.405. The molecular formula is C20H22N2O2. The Labute approximate surface area is 142 Å². The molecule has 0 atom stereocenters. The maximum absolute atomic E-state index is 11.9. The molecule has 1 saturated carbocycles. The molecule has 1 saturated heterocycles. The van der Waals surface area contributed by atoms with E-state index in [0.717, 1.165) is 42.6 Å². The number of aliphatic imine (C=N–C) groups is 1. The summed E-state index contributed by atoms with van der Waals surface area (Å²) < 4.78 is 7.82. The molecule has 1 aromatic carbocycles. The van der Waals surface area contributed by atoms with Crippen LogP contribution in [-0.2, 0) is 16.1 Å². The highest BCUT2D eigenvalue weighted by Gasteiger charge is 2.46. The van der Waals surface area contributed by atoms with Crippen LogP contribution in [0.5, 0.6) is 0 Å². The molecule has 0 bridgehead atoms. The minimum Gasteiger partial charge on any atom is -0.453 e. The van der Waals surface area contributed by atoms with Gasteiger partial charge in [-0.1, -0.05) is 24.6 Å². The first-order chi connectivity index (χ1) is 11.8. The van der Waals surface area contributed by atoms with Gasteiger partial charge in [-0.2, -0.15) is 0 Å². The summed E-state index contributed by atoms with van der Waals surface area (Å²) >= 11 is 0. The molecule has 1 spiro atoms. The van der Waals surface area contributed by atoms with Gasteiger partial charge < -0.3 is 9.30 Å². The van der Waals surface area contributed by atoms with Crippen molar-refractivity contribution in [3.63, 3.8) is 0 Å². The average molecular weight is 322 g/mol. The fraction of sp³-hybridized carbons (Fsp3) is 0.400. The summed E-state index contributed by atoms with van der Waals surface area (Å²) in [5, 5.41) is 0. The fourth-order valence-electron chi connectivity index (χ4n) is 3.90. The van der Waals surface area contributed by atoms with Crippen molar-refractivity contribution in [3.8, 4) is 5.69 Å². The van der Waals surface area contributed by atoms with Crippen molar-refractivity contribution in [2.75, 3.05) is 0 Å². The standard InChI is InChI=1S/C20H22N2O2/c23-19-14-18(20(24-19)10-4-1-5-11-20)21-15-16-8-2-3-9-17(16)22-12-6-7-13-22/h2-3,6-9,12-13H,1,4-5,10-11,14-15H2. The van der Waals surface area contributed by atoms with Gasteiger partial charge in [-0.05, 0) is 49.4 Å². The smallest absolute Gasteiger partial charge is 0.312 e. The van der Waals surface area contributed by atoms with Gasteiger partial charge in [0.1, 0.15) is 0 Å². The number of aromatic nitrogens is 1. The van der Waals surface area contributed by atoms with E-state index < -0.39 is 5.60 Å². The lowest BCUT2D eigenvalue weighted by molar-refractivity contribution is -0.148. The van der Waals surface area contributed by atoms with Gasteiger partial charge in [0.15, 0.2) is 5.60 Å². The van der Waals surface area contributed by atoms with Crippen molar-refractivity contribution in [1.82, 2.24) is 4.57 Å². The van der Waals surface area contributed by atoms with Crippen LogP contribution < -0.4 is 0 Å². The van der Waals surface area contributed by atoms with Crippen LogP contribution in [0.15, 0.2) is 53.8 Å². The number of para-hydroxylation sites is 1. The molecule has 4 heteroatoms. The Morgan fingerprint density at radius 1 is 1.04 bits per heavy atom. The maximum atomic E-state index is 11.9. The summed E-state index contributed by atoms with van der Waals surface area (Å²) in [4.78, 5) is 16.7. The van der Waals surface area contributed by atoms with Crippen LogP contribution in [0.25, 0.3) is 5.69 Å². The third-order valence-electron chi connectivity index (χ3n) is 5.12. The molecule has 0 amide bonds. The Balaban J connectivity index is 1.62. The Bertz CT molecular complexity index is 756. The SMILES string of the molecule is O=C1CC(=NCc2ccccc2-n2cccc2)C2(CCCCC2)O1. The van der Waals surface area contributed by atoms with E-state index in [-0.39, 0.29) is 5.97 Å². The lowest BCUT2D eigenvalue weighted by atomic mass is 9.81. The maximum Gasteiger partial charge on any atom is 0.312 e. The molecule has 1 aliphatic carbocycles. The summed E-state index contributed by atoms with van der Waals surface area (Å²) in [5.41, 5.74) is 2.84. The topological polar surface area (TPSA) is 43.6 Å². The van der Waals surface area contributed by atoms with E-state index in [9.17, 15) is 4.79 Å². The first kappa shape index (κ1) is 15.2. The lowest BCUT2D eigenvalue weighted by Crippen LogP contribution is -2.38. The van der Waals surface area contributed by atoms with Crippen molar-refractivity contribution < 1.29 is 9.53 Å². The summed E-state index contributed by atoms with van der Waals surface area (Å²) in [6.45, 7) is 0.585. The average Bonchev–Trinajstić information content (AvgIpc) is 3.23. The Morgan fingerprint density at radius 2 is 1.79 bits per heavy atom. The van der Waals surface area contributed by atoms with Gasteiger partial charge in [-0.25, -0.2) is 0 Å². The monoisotopic (exact) mass is 322 g/mol. The van der Waals surface area contributed by atoms with E-state index >= 15 is 0 Å². The lowest BCUT2D eigenvalue weighted by Gasteiger charge is -2.32. The normalized spacial score (nSPS) is 21.3. The van der Waals surface area contributed by atoms with Crippen LogP contribution in [0.3, 0.4) is 0 Å². The summed E-state index contributed by atoms with van der Waals surface area (Å²) in [7, 11) is 0. The zero-order valence-corrected chi connectivity index (χ0v) is 13.8. The molecule has 2 aliphatic rings. The van der Waals surface area contributed by atoms with E-state index in [1.165, 1.54) is 6.42 Å². The highest BCUT2D eigenvalue weighted by Crippen LogP contribution is 2.38. The van der Waals surface area contributed by atoms with Gasteiger partial charge in [0.05, 0.1) is 18.7 Å². The molecule has 4 nitrogen and oxygen atoms in total. The minimum absolute atomic E-state index is 0.116. The second kappa shape index (κ2) is 6.27. The van der Waals surface area contributed by atoms with Gasteiger partial charge in [0, 0.05) is 18.1 Å². The molecule has 2 aromatic rings. The third kappa shape index (κ3) is 2.77. The largest absolute Gasteiger partial charge is 0.453 e. The number of rotatable bonds is 3. The van der Waals surface area contributed by atoms with Gasteiger partial charge in [0.2, 0.25) is 0 Å². The number of carbonyl (C=O) groups excluding carboxylic acids is 1. The molecular weight excluding hydrogens is 300 g/mol. The Kier molecular flexibility index (Phi) is 3.97. The van der Waals surface area contributed by atoms with E-state index in [4.69, 9.17) is 9.73 Å². The molecule has 2 heterocycles. The molecule has 0 unspecified atom stereocenters. The van der Waals surface area contributed by atoms with Crippen LogP contribution >= 0.6 is 0 Å². The zero-order chi connectivity index (χ0) is 16.4. The summed E-state index contributed by atoms with van der Waals surface area (Å²) in [6, 6.07) is 12.3. The van der Waals surface area contributed by atoms with Crippen molar-refractivity contribution in [2.24, 2.45) is 4.99 Å². The predicted molar refractivity (Wildman–Crippen MR) is 93.4 cm³/mol. The van der Waals surface area contributed by atoms with E-state index in [0.29, 0.717) is 13.0 Å².